The minimum atomic E-state index is -4.05. The molecule has 0 aromatic heterocycles. The third-order valence-corrected chi connectivity index (χ3v) is 4.98. The first-order valence-electron chi connectivity index (χ1n) is 7.53. The molecule has 0 fully saturated rings. The summed E-state index contributed by atoms with van der Waals surface area (Å²) in [6, 6.07) is 2.03. The number of hydrogen-bond donors (Lipinski definition) is 2. The van der Waals surface area contributed by atoms with Gasteiger partial charge in [0.15, 0.2) is 0 Å². The highest BCUT2D eigenvalue weighted by molar-refractivity contribution is 7.89. The molecule has 1 unspecified atom stereocenters. The number of benzene rings is 1. The Morgan fingerprint density at radius 1 is 1.36 bits per heavy atom. The number of ether oxygens (including phenoxy) is 1. The van der Waals surface area contributed by atoms with Gasteiger partial charge in [-0.15, -0.1) is 0 Å². The Labute approximate surface area is 150 Å². The molecule has 1 atom stereocenters. The third kappa shape index (κ3) is 6.60. The Hall–Kier alpha value is -1.71. The number of methoxy groups -OCH3 is 1. The summed E-state index contributed by atoms with van der Waals surface area (Å²) in [5.74, 6) is -2.05. The monoisotopic (exact) mass is 394 g/mol. The fraction of sp³-hybridized carbons (Fsp3) is 0.467. The minimum Gasteiger partial charge on any atom is -0.467 e. The fourth-order valence-electron chi connectivity index (χ4n) is 1.93. The van der Waals surface area contributed by atoms with Crippen LogP contribution in [0.4, 0.5) is 4.39 Å². The molecule has 1 aromatic carbocycles. The van der Waals surface area contributed by atoms with Crippen LogP contribution in [-0.4, -0.2) is 40.0 Å². The Bertz CT molecular complexity index is 727. The number of nitrogens with one attached hydrogen (secondary N) is 2. The Morgan fingerprint density at radius 3 is 2.60 bits per heavy atom. The number of unbranched alkanes of at least 4 members (excludes halogenated alkanes) is 1. The summed E-state index contributed by atoms with van der Waals surface area (Å²) >= 11 is 5.55. The van der Waals surface area contributed by atoms with Crippen LogP contribution in [0.3, 0.4) is 0 Å². The number of amides is 1. The molecule has 0 saturated carbocycles. The number of esters is 1. The van der Waals surface area contributed by atoms with E-state index in [9.17, 15) is 22.4 Å². The summed E-state index contributed by atoms with van der Waals surface area (Å²) in [4.78, 5) is 23.2. The van der Waals surface area contributed by atoms with Crippen molar-refractivity contribution in [1.82, 2.24) is 10.0 Å². The average molecular weight is 395 g/mol. The largest absolute Gasteiger partial charge is 0.467 e. The molecular formula is C15H20ClFN2O5S. The molecule has 0 aliphatic heterocycles. The number of sulfonamides is 1. The molecule has 1 rings (SSSR count). The molecule has 0 radical (unpaired) electrons. The van der Waals surface area contributed by atoms with Crippen molar-refractivity contribution < 1.29 is 27.1 Å². The summed E-state index contributed by atoms with van der Waals surface area (Å²) in [5, 5.41) is 2.07. The van der Waals surface area contributed by atoms with Crippen molar-refractivity contribution >= 4 is 33.5 Å². The van der Waals surface area contributed by atoms with Crippen LogP contribution in [0.2, 0.25) is 5.02 Å². The molecule has 1 amide bonds. The predicted molar refractivity (Wildman–Crippen MR) is 90.1 cm³/mol. The van der Waals surface area contributed by atoms with Crippen LogP contribution in [-0.2, 0) is 24.3 Å². The number of rotatable bonds is 9. The van der Waals surface area contributed by atoms with E-state index in [1.165, 1.54) is 7.11 Å². The van der Waals surface area contributed by atoms with Crippen LogP contribution >= 0.6 is 11.6 Å². The summed E-state index contributed by atoms with van der Waals surface area (Å²) in [7, 11) is -2.85. The van der Waals surface area contributed by atoms with Crippen LogP contribution in [0.15, 0.2) is 23.1 Å². The highest BCUT2D eigenvalue weighted by Crippen LogP contribution is 2.19. The Kier molecular flexibility index (Phi) is 8.27. The van der Waals surface area contributed by atoms with Gasteiger partial charge in [-0.25, -0.2) is 22.3 Å². The summed E-state index contributed by atoms with van der Waals surface area (Å²) in [6.07, 6.45) is 1.90. The molecule has 140 valence electrons. The van der Waals surface area contributed by atoms with Crippen LogP contribution in [0.1, 0.15) is 26.2 Å². The third-order valence-electron chi connectivity index (χ3n) is 3.29. The summed E-state index contributed by atoms with van der Waals surface area (Å²) in [6.45, 7) is 1.34. The maximum Gasteiger partial charge on any atom is 0.328 e. The van der Waals surface area contributed by atoms with Gasteiger partial charge in [0, 0.05) is 0 Å². The second-order valence-electron chi connectivity index (χ2n) is 5.19. The van der Waals surface area contributed by atoms with Crippen molar-refractivity contribution in [3.63, 3.8) is 0 Å². The van der Waals surface area contributed by atoms with Crippen molar-refractivity contribution in [2.24, 2.45) is 0 Å². The predicted octanol–water partition coefficient (Wildman–Crippen LogP) is 1.61. The topological polar surface area (TPSA) is 102 Å². The smallest absolute Gasteiger partial charge is 0.328 e. The average Bonchev–Trinajstić information content (AvgIpc) is 2.58. The second-order valence-corrected chi connectivity index (χ2v) is 7.36. The van der Waals surface area contributed by atoms with E-state index in [0.29, 0.717) is 12.8 Å². The first kappa shape index (κ1) is 21.3. The minimum absolute atomic E-state index is 0.276. The lowest BCUT2D eigenvalue weighted by atomic mass is 10.1. The molecule has 7 nitrogen and oxygen atoms in total. The zero-order chi connectivity index (χ0) is 19.0. The van der Waals surface area contributed by atoms with Gasteiger partial charge in [0.1, 0.15) is 11.9 Å². The normalized spacial score (nSPS) is 12.5. The van der Waals surface area contributed by atoms with E-state index >= 15 is 0 Å². The molecule has 0 heterocycles. The molecule has 0 spiro atoms. The van der Waals surface area contributed by atoms with E-state index in [4.69, 9.17) is 11.6 Å². The SMILES string of the molecule is CCCCC(NC(=O)CNS(=O)(=O)c1ccc(F)c(Cl)c1)C(=O)OC. The lowest BCUT2D eigenvalue weighted by Gasteiger charge is -2.16. The van der Waals surface area contributed by atoms with E-state index in [2.05, 4.69) is 14.8 Å². The van der Waals surface area contributed by atoms with Crippen molar-refractivity contribution in [3.05, 3.63) is 29.0 Å². The van der Waals surface area contributed by atoms with Gasteiger partial charge in [0.05, 0.1) is 23.6 Å². The standard InChI is InChI=1S/C15H20ClFN2O5S/c1-3-4-5-13(15(21)24-2)19-14(20)9-18-25(22,23)10-6-7-12(17)11(16)8-10/h6-8,13,18H,3-5,9H2,1-2H3,(H,19,20). The Morgan fingerprint density at radius 2 is 2.04 bits per heavy atom. The quantitative estimate of drug-likeness (QED) is 0.619. The van der Waals surface area contributed by atoms with Gasteiger partial charge in [-0.2, -0.15) is 0 Å². The molecule has 0 bridgehead atoms. The van der Waals surface area contributed by atoms with Gasteiger partial charge in [0.2, 0.25) is 15.9 Å². The first-order valence-corrected chi connectivity index (χ1v) is 9.39. The molecule has 25 heavy (non-hydrogen) atoms. The molecule has 0 saturated heterocycles. The van der Waals surface area contributed by atoms with Gasteiger partial charge in [-0.05, 0) is 24.6 Å². The zero-order valence-electron chi connectivity index (χ0n) is 13.8. The zero-order valence-corrected chi connectivity index (χ0v) is 15.4. The maximum atomic E-state index is 13.1. The molecular weight excluding hydrogens is 375 g/mol. The Balaban J connectivity index is 2.69. The molecule has 1 aromatic rings. The van der Waals surface area contributed by atoms with Crippen molar-refractivity contribution in [2.75, 3.05) is 13.7 Å². The molecule has 0 aliphatic rings. The van der Waals surface area contributed by atoms with Gasteiger partial charge in [-0.3, -0.25) is 4.79 Å². The lowest BCUT2D eigenvalue weighted by molar-refractivity contribution is -0.145. The van der Waals surface area contributed by atoms with E-state index in [1.54, 1.807) is 0 Å². The van der Waals surface area contributed by atoms with Crippen molar-refractivity contribution in [2.45, 2.75) is 37.1 Å². The maximum absolute atomic E-state index is 13.1. The number of carbonyl (C=O) groups excluding carboxylic acids is 2. The first-order chi connectivity index (χ1) is 11.7. The van der Waals surface area contributed by atoms with Crippen LogP contribution in [0.5, 0.6) is 0 Å². The lowest BCUT2D eigenvalue weighted by Crippen LogP contribution is -2.45. The number of halogens is 2. The van der Waals surface area contributed by atoms with Gasteiger partial charge >= 0.3 is 5.97 Å². The second kappa shape index (κ2) is 9.69. The molecule has 10 heteroatoms. The van der Waals surface area contributed by atoms with Crippen molar-refractivity contribution in [3.8, 4) is 0 Å². The highest BCUT2D eigenvalue weighted by Gasteiger charge is 2.22. The van der Waals surface area contributed by atoms with Crippen molar-refractivity contribution in [1.29, 1.82) is 0 Å². The number of hydrogen-bond acceptors (Lipinski definition) is 5. The van der Waals surface area contributed by atoms with Crippen LogP contribution in [0.25, 0.3) is 0 Å². The van der Waals surface area contributed by atoms with Crippen LogP contribution < -0.4 is 10.0 Å². The molecule has 0 aliphatic carbocycles. The molecule has 2 N–H and O–H groups in total. The van der Waals surface area contributed by atoms with Gasteiger partial charge in [-0.1, -0.05) is 31.4 Å². The van der Waals surface area contributed by atoms with E-state index in [-0.39, 0.29) is 9.92 Å². The van der Waals surface area contributed by atoms with Gasteiger partial charge < -0.3 is 10.1 Å². The van der Waals surface area contributed by atoms with Crippen LogP contribution in [0, 0.1) is 5.82 Å². The van der Waals surface area contributed by atoms with E-state index < -0.39 is 40.3 Å². The van der Waals surface area contributed by atoms with E-state index in [0.717, 1.165) is 24.6 Å². The highest BCUT2D eigenvalue weighted by atomic mass is 35.5. The van der Waals surface area contributed by atoms with Gasteiger partial charge in [0.25, 0.3) is 0 Å². The summed E-state index contributed by atoms with van der Waals surface area (Å²) in [5.41, 5.74) is 0. The number of carbonyl (C=O) groups is 2. The fourth-order valence-corrected chi connectivity index (χ4v) is 3.19. The summed E-state index contributed by atoms with van der Waals surface area (Å²) < 4.78 is 43.9. The van der Waals surface area contributed by atoms with E-state index in [1.807, 2.05) is 6.92 Å².